The Labute approximate surface area is 137 Å². The first-order valence-corrected chi connectivity index (χ1v) is 7.41. The van der Waals surface area contributed by atoms with Gasteiger partial charge in [-0.3, -0.25) is 4.79 Å². The van der Waals surface area contributed by atoms with E-state index in [1.54, 1.807) is 31.2 Å². The number of nitrogens with two attached hydrogens (primary N) is 1. The van der Waals surface area contributed by atoms with Crippen molar-refractivity contribution in [1.82, 2.24) is 5.43 Å². The number of hydrogen-bond acceptors (Lipinski definition) is 4. The molecular weight excluding hydrogens is 346 g/mol. The molecule has 0 radical (unpaired) electrons. The van der Waals surface area contributed by atoms with Gasteiger partial charge in [-0.2, -0.15) is 5.10 Å². The van der Waals surface area contributed by atoms with E-state index < -0.39 is 0 Å². The fraction of sp³-hybridized carbons (Fsp3) is 0.125. The van der Waals surface area contributed by atoms with E-state index in [0.29, 0.717) is 17.1 Å². The fourth-order valence-electron chi connectivity index (χ4n) is 1.67. The third-order valence-corrected chi connectivity index (χ3v) is 3.34. The number of hydrazone groups is 1. The van der Waals surface area contributed by atoms with E-state index in [-0.39, 0.29) is 12.5 Å². The van der Waals surface area contributed by atoms with Gasteiger partial charge in [-0.15, -0.1) is 0 Å². The molecule has 0 unspecified atom stereocenters. The molecule has 0 bridgehead atoms. The summed E-state index contributed by atoms with van der Waals surface area (Å²) < 4.78 is 6.27. The Bertz CT molecular complexity index is 684. The summed E-state index contributed by atoms with van der Waals surface area (Å²) in [5.74, 6) is 0.290. The zero-order valence-corrected chi connectivity index (χ0v) is 13.6. The largest absolute Gasteiger partial charge is 0.484 e. The van der Waals surface area contributed by atoms with Crippen LogP contribution in [0, 0.1) is 0 Å². The molecule has 0 aliphatic rings. The first-order valence-electron chi connectivity index (χ1n) is 6.62. The standard InChI is InChI=1S/C16H16BrN3O2/c1-11(12-5-7-14(18)8-6-12)19-20-16(21)10-22-15-4-2-3-13(17)9-15/h2-9H,10,18H2,1H3,(H,20,21)/b19-11+. The van der Waals surface area contributed by atoms with Gasteiger partial charge in [0.25, 0.3) is 5.91 Å². The highest BCUT2D eigenvalue weighted by Gasteiger charge is 2.03. The number of benzene rings is 2. The van der Waals surface area contributed by atoms with Gasteiger partial charge in [0.15, 0.2) is 6.61 Å². The van der Waals surface area contributed by atoms with Gasteiger partial charge in [0, 0.05) is 10.2 Å². The van der Waals surface area contributed by atoms with Crippen LogP contribution in [0.15, 0.2) is 58.1 Å². The number of nitrogens with one attached hydrogen (secondary N) is 1. The van der Waals surface area contributed by atoms with Crippen LogP contribution in [0.2, 0.25) is 0 Å². The van der Waals surface area contributed by atoms with E-state index in [0.717, 1.165) is 10.0 Å². The first kappa shape index (κ1) is 16.0. The molecule has 3 N–H and O–H groups in total. The Hall–Kier alpha value is -2.34. The number of nitrogen functional groups attached to an aromatic ring is 1. The van der Waals surface area contributed by atoms with E-state index in [2.05, 4.69) is 26.5 Å². The minimum atomic E-state index is -0.324. The molecule has 2 aromatic rings. The number of carbonyl (C=O) groups is 1. The van der Waals surface area contributed by atoms with Gasteiger partial charge in [0.05, 0.1) is 5.71 Å². The molecule has 0 aliphatic heterocycles. The van der Waals surface area contributed by atoms with Crippen molar-refractivity contribution in [1.29, 1.82) is 0 Å². The van der Waals surface area contributed by atoms with Crippen molar-refractivity contribution in [2.75, 3.05) is 12.3 Å². The van der Waals surface area contributed by atoms with E-state index in [9.17, 15) is 4.79 Å². The quantitative estimate of drug-likeness (QED) is 0.488. The minimum Gasteiger partial charge on any atom is -0.484 e. The van der Waals surface area contributed by atoms with Crippen molar-refractivity contribution < 1.29 is 9.53 Å². The lowest BCUT2D eigenvalue weighted by Gasteiger charge is -2.06. The Balaban J connectivity index is 1.86. The molecule has 114 valence electrons. The van der Waals surface area contributed by atoms with Crippen LogP contribution in [0.4, 0.5) is 5.69 Å². The van der Waals surface area contributed by atoms with Crippen molar-refractivity contribution >= 4 is 33.2 Å². The lowest BCUT2D eigenvalue weighted by Crippen LogP contribution is -2.25. The van der Waals surface area contributed by atoms with Crippen molar-refractivity contribution in [3.63, 3.8) is 0 Å². The van der Waals surface area contributed by atoms with Crippen molar-refractivity contribution in [2.45, 2.75) is 6.92 Å². The predicted molar refractivity (Wildman–Crippen MR) is 90.8 cm³/mol. The molecular formula is C16H16BrN3O2. The average Bonchev–Trinajstić information content (AvgIpc) is 2.51. The molecule has 6 heteroatoms. The molecule has 0 saturated carbocycles. The molecule has 0 aliphatic carbocycles. The van der Waals surface area contributed by atoms with E-state index in [4.69, 9.17) is 10.5 Å². The second-order valence-electron chi connectivity index (χ2n) is 4.60. The van der Waals surface area contributed by atoms with Gasteiger partial charge in [-0.1, -0.05) is 34.1 Å². The Morgan fingerprint density at radius 2 is 2.00 bits per heavy atom. The summed E-state index contributed by atoms with van der Waals surface area (Å²) in [6, 6.07) is 14.5. The van der Waals surface area contributed by atoms with Crippen LogP contribution in [0.5, 0.6) is 5.75 Å². The molecule has 2 aromatic carbocycles. The number of amides is 1. The summed E-state index contributed by atoms with van der Waals surface area (Å²) in [6.45, 7) is 1.70. The number of carbonyl (C=O) groups excluding carboxylic acids is 1. The molecule has 0 fully saturated rings. The first-order chi connectivity index (χ1) is 10.5. The van der Waals surface area contributed by atoms with Gasteiger partial charge in [0.1, 0.15) is 5.75 Å². The normalized spacial score (nSPS) is 11.1. The number of nitrogens with zero attached hydrogens (tertiary/aromatic N) is 1. The van der Waals surface area contributed by atoms with E-state index >= 15 is 0 Å². The summed E-state index contributed by atoms with van der Waals surface area (Å²) in [4.78, 5) is 11.7. The van der Waals surface area contributed by atoms with Crippen LogP contribution in [-0.2, 0) is 4.79 Å². The van der Waals surface area contributed by atoms with Gasteiger partial charge < -0.3 is 10.5 Å². The SMILES string of the molecule is C/C(=N\NC(=O)COc1cccc(Br)c1)c1ccc(N)cc1. The maximum absolute atomic E-state index is 11.7. The number of hydrogen-bond donors (Lipinski definition) is 2. The third kappa shape index (κ3) is 4.89. The van der Waals surface area contributed by atoms with Crippen molar-refractivity contribution in [3.8, 4) is 5.75 Å². The van der Waals surface area contributed by atoms with Gasteiger partial charge in [-0.05, 0) is 42.8 Å². The van der Waals surface area contributed by atoms with Crippen LogP contribution in [0.25, 0.3) is 0 Å². The Morgan fingerprint density at radius 1 is 1.27 bits per heavy atom. The highest BCUT2D eigenvalue weighted by molar-refractivity contribution is 9.10. The van der Waals surface area contributed by atoms with Crippen LogP contribution in [0.3, 0.4) is 0 Å². The van der Waals surface area contributed by atoms with Crippen molar-refractivity contribution in [2.24, 2.45) is 5.10 Å². The maximum Gasteiger partial charge on any atom is 0.277 e. The molecule has 0 heterocycles. The lowest BCUT2D eigenvalue weighted by molar-refractivity contribution is -0.123. The summed E-state index contributed by atoms with van der Waals surface area (Å²) >= 11 is 3.34. The second-order valence-corrected chi connectivity index (χ2v) is 5.52. The second kappa shape index (κ2) is 7.61. The Kier molecular flexibility index (Phi) is 5.55. The molecule has 0 aromatic heterocycles. The summed E-state index contributed by atoms with van der Waals surface area (Å²) in [5.41, 5.74) is 10.4. The molecule has 0 atom stereocenters. The lowest BCUT2D eigenvalue weighted by atomic mass is 10.1. The molecule has 5 nitrogen and oxygen atoms in total. The summed E-state index contributed by atoms with van der Waals surface area (Å²) in [7, 11) is 0. The van der Waals surface area contributed by atoms with Crippen LogP contribution in [-0.4, -0.2) is 18.2 Å². The van der Waals surface area contributed by atoms with Crippen LogP contribution in [0.1, 0.15) is 12.5 Å². The number of halogens is 1. The fourth-order valence-corrected chi connectivity index (χ4v) is 2.05. The van der Waals surface area contributed by atoms with Crippen LogP contribution >= 0.6 is 15.9 Å². The van der Waals surface area contributed by atoms with Crippen LogP contribution < -0.4 is 15.9 Å². The Morgan fingerprint density at radius 3 is 2.68 bits per heavy atom. The molecule has 1 amide bonds. The smallest absolute Gasteiger partial charge is 0.277 e. The predicted octanol–water partition coefficient (Wildman–Crippen LogP) is 2.95. The minimum absolute atomic E-state index is 0.102. The highest BCUT2D eigenvalue weighted by atomic mass is 79.9. The molecule has 0 saturated heterocycles. The summed E-state index contributed by atoms with van der Waals surface area (Å²) in [5, 5.41) is 4.04. The number of anilines is 1. The zero-order valence-electron chi connectivity index (χ0n) is 12.0. The highest BCUT2D eigenvalue weighted by Crippen LogP contribution is 2.17. The monoisotopic (exact) mass is 361 g/mol. The zero-order chi connectivity index (χ0) is 15.9. The average molecular weight is 362 g/mol. The molecule has 0 spiro atoms. The van der Waals surface area contributed by atoms with Crippen molar-refractivity contribution in [3.05, 3.63) is 58.6 Å². The topological polar surface area (TPSA) is 76.7 Å². The van der Waals surface area contributed by atoms with E-state index in [1.807, 2.05) is 24.3 Å². The maximum atomic E-state index is 11.7. The van der Waals surface area contributed by atoms with Gasteiger partial charge >= 0.3 is 0 Å². The number of ether oxygens (including phenoxy) is 1. The van der Waals surface area contributed by atoms with Gasteiger partial charge in [0.2, 0.25) is 0 Å². The number of rotatable bonds is 5. The van der Waals surface area contributed by atoms with Gasteiger partial charge in [-0.25, -0.2) is 5.43 Å². The van der Waals surface area contributed by atoms with E-state index in [1.165, 1.54) is 0 Å². The molecule has 22 heavy (non-hydrogen) atoms. The third-order valence-electron chi connectivity index (χ3n) is 2.84. The summed E-state index contributed by atoms with van der Waals surface area (Å²) in [6.07, 6.45) is 0. The molecule has 2 rings (SSSR count).